The Kier molecular flexibility index (Phi) is 2.59. The molecule has 0 bridgehead atoms. The second-order valence-electron chi connectivity index (χ2n) is 2.20. The molecule has 0 aliphatic heterocycles. The van der Waals surface area contributed by atoms with Gasteiger partial charge in [-0.15, -0.1) is 8.96 Å². The topological polar surface area (TPSA) is 29.0 Å². The highest BCUT2D eigenvalue weighted by Gasteiger charge is 2.06. The molecule has 0 saturated carbocycles. The van der Waals surface area contributed by atoms with E-state index in [1.165, 1.54) is 6.92 Å². The fraction of sp³-hybridized carbons (Fsp3) is 0.333. The standard InChI is InChI=1S/C6H6F3N3/c1-4-6(7)11-5(2-10-4)3-12(8)9/h2H,3H2,1H3. The van der Waals surface area contributed by atoms with Gasteiger partial charge in [0.15, 0.2) is 0 Å². The largest absolute Gasteiger partial charge is 0.255 e. The predicted octanol–water partition coefficient (Wildman–Crippen LogP) is 1.50. The van der Waals surface area contributed by atoms with E-state index in [-0.39, 0.29) is 11.4 Å². The Balaban J connectivity index is 2.82. The van der Waals surface area contributed by atoms with Gasteiger partial charge < -0.3 is 0 Å². The van der Waals surface area contributed by atoms with Gasteiger partial charge in [-0.2, -0.15) is 4.39 Å². The van der Waals surface area contributed by atoms with Crippen molar-refractivity contribution in [1.82, 2.24) is 15.3 Å². The third kappa shape index (κ3) is 2.16. The lowest BCUT2D eigenvalue weighted by atomic mass is 10.4. The van der Waals surface area contributed by atoms with Gasteiger partial charge in [-0.25, -0.2) is 4.98 Å². The molecule has 0 spiro atoms. The highest BCUT2D eigenvalue weighted by Crippen LogP contribution is 2.04. The van der Waals surface area contributed by atoms with Crippen LogP contribution < -0.4 is 0 Å². The van der Waals surface area contributed by atoms with Gasteiger partial charge in [-0.1, -0.05) is 0 Å². The van der Waals surface area contributed by atoms with Crippen LogP contribution in [0.1, 0.15) is 11.4 Å². The minimum atomic E-state index is -1.08. The van der Waals surface area contributed by atoms with Crippen molar-refractivity contribution >= 4 is 0 Å². The van der Waals surface area contributed by atoms with Crippen molar-refractivity contribution in [2.45, 2.75) is 13.5 Å². The van der Waals surface area contributed by atoms with Crippen LogP contribution in [0.2, 0.25) is 0 Å². The van der Waals surface area contributed by atoms with Crippen molar-refractivity contribution in [2.75, 3.05) is 0 Å². The molecule has 12 heavy (non-hydrogen) atoms. The lowest BCUT2D eigenvalue weighted by Gasteiger charge is -2.00. The molecule has 0 N–H and O–H groups in total. The van der Waals surface area contributed by atoms with E-state index in [4.69, 9.17) is 0 Å². The SMILES string of the molecule is Cc1ncc(CN(F)F)nc1F. The Bertz CT molecular complexity index is 277. The molecule has 0 aliphatic carbocycles. The van der Waals surface area contributed by atoms with Crippen LogP contribution in [-0.4, -0.2) is 15.3 Å². The van der Waals surface area contributed by atoms with Crippen LogP contribution in [0.25, 0.3) is 0 Å². The minimum Gasteiger partial charge on any atom is -0.255 e. The average molecular weight is 177 g/mol. The number of nitrogens with zero attached hydrogens (tertiary/aromatic N) is 3. The van der Waals surface area contributed by atoms with Crippen molar-refractivity contribution in [3.05, 3.63) is 23.5 Å². The van der Waals surface area contributed by atoms with E-state index in [1.807, 2.05) is 0 Å². The van der Waals surface area contributed by atoms with Gasteiger partial charge in [-0.05, 0) is 6.92 Å². The summed E-state index contributed by atoms with van der Waals surface area (Å²) in [5.74, 6) is -0.811. The van der Waals surface area contributed by atoms with E-state index in [9.17, 15) is 13.4 Å². The van der Waals surface area contributed by atoms with E-state index in [0.717, 1.165) is 6.20 Å². The maximum absolute atomic E-state index is 12.6. The molecule has 66 valence electrons. The van der Waals surface area contributed by atoms with Crippen molar-refractivity contribution in [3.63, 3.8) is 0 Å². The first-order valence-corrected chi connectivity index (χ1v) is 3.16. The molecule has 0 unspecified atom stereocenters. The normalized spacial score (nSPS) is 10.8. The van der Waals surface area contributed by atoms with E-state index >= 15 is 0 Å². The highest BCUT2D eigenvalue weighted by atomic mass is 19.4. The summed E-state index contributed by atoms with van der Waals surface area (Å²) in [6.07, 6.45) is 1.12. The number of hydrogen-bond acceptors (Lipinski definition) is 3. The summed E-state index contributed by atoms with van der Waals surface area (Å²) >= 11 is 0. The smallest absolute Gasteiger partial charge is 0.234 e. The summed E-state index contributed by atoms with van der Waals surface area (Å²) in [5, 5.41) is -1.08. The molecule has 3 nitrogen and oxygen atoms in total. The molecule has 0 radical (unpaired) electrons. The zero-order chi connectivity index (χ0) is 9.14. The molecule has 0 saturated heterocycles. The summed E-state index contributed by atoms with van der Waals surface area (Å²) in [6, 6.07) is 0. The third-order valence-electron chi connectivity index (χ3n) is 1.23. The van der Waals surface area contributed by atoms with E-state index < -0.39 is 17.8 Å². The van der Waals surface area contributed by atoms with Crippen molar-refractivity contribution in [1.29, 1.82) is 0 Å². The van der Waals surface area contributed by atoms with Crippen molar-refractivity contribution in [2.24, 2.45) is 0 Å². The number of hydrogen-bond donors (Lipinski definition) is 0. The van der Waals surface area contributed by atoms with Crippen LogP contribution in [0.15, 0.2) is 6.20 Å². The summed E-state index contributed by atoms with van der Waals surface area (Å²) in [4.78, 5) is 6.80. The Morgan fingerprint density at radius 2 is 2.17 bits per heavy atom. The van der Waals surface area contributed by atoms with Crippen LogP contribution in [0.4, 0.5) is 13.4 Å². The maximum Gasteiger partial charge on any atom is 0.234 e. The zero-order valence-corrected chi connectivity index (χ0v) is 6.26. The van der Waals surface area contributed by atoms with Crippen molar-refractivity contribution in [3.8, 4) is 0 Å². The van der Waals surface area contributed by atoms with E-state index in [2.05, 4.69) is 9.97 Å². The van der Waals surface area contributed by atoms with Gasteiger partial charge in [0.2, 0.25) is 5.95 Å². The quantitative estimate of drug-likeness (QED) is 0.641. The lowest BCUT2D eigenvalue weighted by Crippen LogP contribution is -2.05. The fourth-order valence-corrected chi connectivity index (χ4v) is 0.659. The summed E-state index contributed by atoms with van der Waals surface area (Å²) in [7, 11) is 0. The lowest BCUT2D eigenvalue weighted by molar-refractivity contribution is -0.162. The molecule has 0 amide bonds. The molecule has 0 aliphatic rings. The Labute approximate surface area is 66.7 Å². The van der Waals surface area contributed by atoms with Crippen LogP contribution in [0, 0.1) is 12.9 Å². The molecule has 1 aromatic heterocycles. The predicted molar refractivity (Wildman–Crippen MR) is 34.5 cm³/mol. The van der Waals surface area contributed by atoms with Gasteiger partial charge >= 0.3 is 0 Å². The molecule has 6 heteroatoms. The number of halogens is 3. The molecule has 1 heterocycles. The fourth-order valence-electron chi connectivity index (χ4n) is 0.659. The molecular formula is C6H6F3N3. The number of aromatic nitrogens is 2. The van der Waals surface area contributed by atoms with Crippen LogP contribution in [0.5, 0.6) is 0 Å². The third-order valence-corrected chi connectivity index (χ3v) is 1.23. The summed E-state index contributed by atoms with van der Waals surface area (Å²) < 4.78 is 35.8. The van der Waals surface area contributed by atoms with Gasteiger partial charge in [0.1, 0.15) is 6.54 Å². The van der Waals surface area contributed by atoms with Gasteiger partial charge in [0.05, 0.1) is 17.6 Å². The highest BCUT2D eigenvalue weighted by molar-refractivity contribution is 5.01. The Morgan fingerprint density at radius 1 is 1.50 bits per heavy atom. The van der Waals surface area contributed by atoms with Crippen LogP contribution >= 0.6 is 0 Å². The Morgan fingerprint density at radius 3 is 2.67 bits per heavy atom. The van der Waals surface area contributed by atoms with Crippen LogP contribution in [-0.2, 0) is 6.54 Å². The second kappa shape index (κ2) is 3.48. The molecule has 0 atom stereocenters. The summed E-state index contributed by atoms with van der Waals surface area (Å²) in [6.45, 7) is 0.693. The van der Waals surface area contributed by atoms with Gasteiger partial charge in [-0.3, -0.25) is 4.98 Å². The summed E-state index contributed by atoms with van der Waals surface area (Å²) in [5.41, 5.74) is 0.00566. The molecule has 1 aromatic rings. The monoisotopic (exact) mass is 177 g/mol. The first-order valence-electron chi connectivity index (χ1n) is 3.16. The average Bonchev–Trinajstić information content (AvgIpc) is 1.96. The molecular weight excluding hydrogens is 171 g/mol. The van der Waals surface area contributed by atoms with Crippen molar-refractivity contribution < 1.29 is 13.4 Å². The van der Waals surface area contributed by atoms with Gasteiger partial charge in [0, 0.05) is 5.34 Å². The van der Waals surface area contributed by atoms with E-state index in [0.29, 0.717) is 0 Å². The van der Waals surface area contributed by atoms with E-state index in [1.54, 1.807) is 0 Å². The number of rotatable bonds is 2. The molecule has 0 fully saturated rings. The van der Waals surface area contributed by atoms with Crippen LogP contribution in [0.3, 0.4) is 0 Å². The zero-order valence-electron chi connectivity index (χ0n) is 6.26. The minimum absolute atomic E-state index is 0.0944. The first kappa shape index (κ1) is 8.92. The molecule has 1 rings (SSSR count). The maximum atomic E-state index is 12.6. The number of aryl methyl sites for hydroxylation is 1. The first-order chi connectivity index (χ1) is 5.59. The Hall–Kier alpha value is -1.17. The van der Waals surface area contributed by atoms with Gasteiger partial charge in [0.25, 0.3) is 0 Å². The molecule has 0 aromatic carbocycles. The second-order valence-corrected chi connectivity index (χ2v) is 2.20.